The molecule has 0 heterocycles. The fourth-order valence-electron chi connectivity index (χ4n) is 1.07. The average Bonchev–Trinajstić information content (AvgIpc) is 2.27. The van der Waals surface area contributed by atoms with Gasteiger partial charge < -0.3 is 4.74 Å². The number of halogens is 4. The van der Waals surface area contributed by atoms with Gasteiger partial charge in [0.2, 0.25) is 5.91 Å². The average molecular weight is 342 g/mol. The fourth-order valence-corrected chi connectivity index (χ4v) is 1.45. The Kier molecular flexibility index (Phi) is 6.10. The van der Waals surface area contributed by atoms with Crippen molar-refractivity contribution < 1.29 is 27.5 Å². The Balaban J connectivity index is 2.17. The van der Waals surface area contributed by atoms with Crippen LogP contribution in [0.2, 0.25) is 0 Å². The molecule has 0 aliphatic carbocycles. The molecule has 4 nitrogen and oxygen atoms in total. The van der Waals surface area contributed by atoms with Gasteiger partial charge in [0.25, 0.3) is 0 Å². The Hall–Kier alpha value is -1.28. The van der Waals surface area contributed by atoms with Gasteiger partial charge in [-0.15, -0.1) is 0 Å². The monoisotopic (exact) mass is 341 g/mol. The molecule has 1 aromatic carbocycles. The molecule has 0 aromatic heterocycles. The number of rotatable bonds is 6. The van der Waals surface area contributed by atoms with Crippen LogP contribution in [-0.4, -0.2) is 25.3 Å². The van der Waals surface area contributed by atoms with E-state index in [0.29, 0.717) is 5.75 Å². The van der Waals surface area contributed by atoms with Crippen molar-refractivity contribution in [3.8, 4) is 5.75 Å². The third kappa shape index (κ3) is 7.68. The van der Waals surface area contributed by atoms with Crippen LogP contribution in [0.15, 0.2) is 28.7 Å². The van der Waals surface area contributed by atoms with Gasteiger partial charge in [-0.05, 0) is 18.2 Å². The van der Waals surface area contributed by atoms with E-state index in [1.54, 1.807) is 23.7 Å². The molecule has 1 amide bonds. The molecule has 0 bridgehead atoms. The van der Waals surface area contributed by atoms with E-state index in [1.807, 2.05) is 6.07 Å². The predicted octanol–water partition coefficient (Wildman–Crippen LogP) is 2.83. The van der Waals surface area contributed by atoms with Gasteiger partial charge in [0, 0.05) is 4.47 Å². The Morgan fingerprint density at radius 1 is 1.37 bits per heavy atom. The summed E-state index contributed by atoms with van der Waals surface area (Å²) in [4.78, 5) is 15.1. The second-order valence-corrected chi connectivity index (χ2v) is 4.40. The van der Waals surface area contributed by atoms with Gasteiger partial charge >= 0.3 is 6.18 Å². The van der Waals surface area contributed by atoms with E-state index in [-0.39, 0.29) is 13.0 Å². The molecule has 106 valence electrons. The molecule has 0 saturated heterocycles. The minimum Gasteiger partial charge on any atom is -0.493 e. The fraction of sp³-hybridized carbons (Fsp3) is 0.364. The minimum atomic E-state index is -4.47. The van der Waals surface area contributed by atoms with Crippen molar-refractivity contribution >= 4 is 21.8 Å². The molecule has 0 fully saturated rings. The summed E-state index contributed by atoms with van der Waals surface area (Å²) >= 11 is 3.25. The van der Waals surface area contributed by atoms with E-state index in [0.717, 1.165) is 4.47 Å². The van der Waals surface area contributed by atoms with E-state index in [2.05, 4.69) is 20.8 Å². The topological polar surface area (TPSA) is 47.6 Å². The number of hydrogen-bond acceptors (Lipinski definition) is 3. The summed E-state index contributed by atoms with van der Waals surface area (Å²) in [5.74, 6) is -0.127. The Morgan fingerprint density at radius 2 is 2.11 bits per heavy atom. The maximum absolute atomic E-state index is 11.7. The van der Waals surface area contributed by atoms with Crippen LogP contribution in [0.5, 0.6) is 5.75 Å². The number of hydroxylamine groups is 1. The highest BCUT2D eigenvalue weighted by molar-refractivity contribution is 9.10. The molecule has 0 saturated carbocycles. The molecular formula is C11H11BrF3NO3. The lowest BCUT2D eigenvalue weighted by molar-refractivity contribution is -0.191. The lowest BCUT2D eigenvalue weighted by Gasteiger charge is -2.09. The third-order valence-corrected chi connectivity index (χ3v) is 2.31. The molecule has 19 heavy (non-hydrogen) atoms. The first-order valence-corrected chi connectivity index (χ1v) is 6.02. The summed E-state index contributed by atoms with van der Waals surface area (Å²) in [7, 11) is 0. The van der Waals surface area contributed by atoms with Crippen molar-refractivity contribution in [1.82, 2.24) is 5.48 Å². The third-order valence-electron chi connectivity index (χ3n) is 1.82. The zero-order valence-corrected chi connectivity index (χ0v) is 11.3. The molecule has 8 heteroatoms. The number of nitrogens with one attached hydrogen (secondary N) is 1. The van der Waals surface area contributed by atoms with Gasteiger partial charge in [0.15, 0.2) is 6.61 Å². The van der Waals surface area contributed by atoms with E-state index >= 15 is 0 Å². The smallest absolute Gasteiger partial charge is 0.414 e. The molecular weight excluding hydrogens is 331 g/mol. The molecule has 1 N–H and O–H groups in total. The maximum atomic E-state index is 11.7. The molecule has 0 atom stereocenters. The lowest BCUT2D eigenvalue weighted by atomic mass is 10.3. The van der Waals surface area contributed by atoms with Gasteiger partial charge in [-0.1, -0.05) is 22.0 Å². The number of amides is 1. The summed E-state index contributed by atoms with van der Waals surface area (Å²) in [6.45, 7) is -1.48. The van der Waals surface area contributed by atoms with Crippen LogP contribution in [0.3, 0.4) is 0 Å². The van der Waals surface area contributed by atoms with Gasteiger partial charge in [-0.25, -0.2) is 5.48 Å². The van der Waals surface area contributed by atoms with Crippen LogP contribution in [0.1, 0.15) is 6.42 Å². The molecule has 0 unspecified atom stereocenters. The van der Waals surface area contributed by atoms with Crippen molar-refractivity contribution in [3.05, 3.63) is 28.7 Å². The summed E-state index contributed by atoms with van der Waals surface area (Å²) < 4.78 is 41.2. The number of benzene rings is 1. The van der Waals surface area contributed by atoms with Gasteiger partial charge in [0.05, 0.1) is 13.0 Å². The molecule has 0 aliphatic rings. The quantitative estimate of drug-likeness (QED) is 0.809. The summed E-state index contributed by atoms with van der Waals surface area (Å²) in [6.07, 6.45) is -4.58. The van der Waals surface area contributed by atoms with Crippen molar-refractivity contribution in [2.24, 2.45) is 0 Å². The van der Waals surface area contributed by atoms with Gasteiger partial charge in [0.1, 0.15) is 5.75 Å². The van der Waals surface area contributed by atoms with Crippen LogP contribution in [0.25, 0.3) is 0 Å². The highest BCUT2D eigenvalue weighted by Crippen LogP contribution is 2.17. The van der Waals surface area contributed by atoms with Gasteiger partial charge in [-0.2, -0.15) is 13.2 Å². The Morgan fingerprint density at radius 3 is 2.74 bits per heavy atom. The minimum absolute atomic E-state index is 0.0393. The maximum Gasteiger partial charge on any atom is 0.414 e. The second kappa shape index (κ2) is 7.34. The highest BCUT2D eigenvalue weighted by atomic mass is 79.9. The van der Waals surface area contributed by atoms with E-state index in [9.17, 15) is 18.0 Å². The van der Waals surface area contributed by atoms with E-state index in [4.69, 9.17) is 4.74 Å². The van der Waals surface area contributed by atoms with E-state index in [1.165, 1.54) is 0 Å². The molecule has 0 aliphatic heterocycles. The zero-order chi connectivity index (χ0) is 14.3. The van der Waals surface area contributed by atoms with Crippen LogP contribution in [-0.2, 0) is 9.63 Å². The number of hydrogen-bond donors (Lipinski definition) is 1. The number of alkyl halides is 3. The van der Waals surface area contributed by atoms with Crippen LogP contribution in [0, 0.1) is 0 Å². The molecule has 1 rings (SSSR count). The van der Waals surface area contributed by atoms with Crippen LogP contribution >= 0.6 is 15.9 Å². The molecule has 0 spiro atoms. The van der Waals surface area contributed by atoms with Crippen molar-refractivity contribution in [1.29, 1.82) is 0 Å². The normalized spacial score (nSPS) is 11.2. The summed E-state index contributed by atoms with van der Waals surface area (Å²) in [6, 6.07) is 6.97. The largest absolute Gasteiger partial charge is 0.493 e. The Bertz CT molecular complexity index is 426. The van der Waals surface area contributed by atoms with Gasteiger partial charge in [-0.3, -0.25) is 9.63 Å². The molecule has 1 aromatic rings. The van der Waals surface area contributed by atoms with Crippen LogP contribution in [0.4, 0.5) is 13.2 Å². The molecule has 0 radical (unpaired) electrons. The highest BCUT2D eigenvalue weighted by Gasteiger charge is 2.28. The van der Waals surface area contributed by atoms with Crippen molar-refractivity contribution in [3.63, 3.8) is 0 Å². The number of carbonyl (C=O) groups excluding carboxylic acids is 1. The SMILES string of the molecule is O=C(CCOc1cccc(Br)c1)NOCC(F)(F)F. The first kappa shape index (κ1) is 15.8. The summed E-state index contributed by atoms with van der Waals surface area (Å²) in [5, 5.41) is 0. The second-order valence-electron chi connectivity index (χ2n) is 3.48. The number of carbonyl (C=O) groups is 1. The first-order chi connectivity index (χ1) is 8.87. The zero-order valence-electron chi connectivity index (χ0n) is 9.67. The van der Waals surface area contributed by atoms with Crippen molar-refractivity contribution in [2.45, 2.75) is 12.6 Å². The first-order valence-electron chi connectivity index (χ1n) is 5.22. The Labute approximate surface area is 116 Å². The lowest BCUT2D eigenvalue weighted by Crippen LogP contribution is -2.30. The van der Waals surface area contributed by atoms with Crippen LogP contribution < -0.4 is 10.2 Å². The van der Waals surface area contributed by atoms with E-state index < -0.39 is 18.7 Å². The summed E-state index contributed by atoms with van der Waals surface area (Å²) in [5.41, 5.74) is 1.69. The number of ether oxygens (including phenoxy) is 1. The van der Waals surface area contributed by atoms with Crippen molar-refractivity contribution in [2.75, 3.05) is 13.2 Å². The standard InChI is InChI=1S/C11H11BrF3NO3/c12-8-2-1-3-9(6-8)18-5-4-10(17)16-19-7-11(13,14)15/h1-3,6H,4-5,7H2,(H,16,17). The predicted molar refractivity (Wildman–Crippen MR) is 64.4 cm³/mol.